The standard InChI is InChI=1S/C11H11F2N/c1-7-4-5-14-10-6-8(11(12)13)2-3-9(7)10/h2-4,6,11,14H,5H2,1H3. The summed E-state index contributed by atoms with van der Waals surface area (Å²) in [5.74, 6) is 0. The van der Waals surface area contributed by atoms with Gasteiger partial charge in [0.25, 0.3) is 6.43 Å². The Bertz CT molecular complexity index is 383. The van der Waals surface area contributed by atoms with Gasteiger partial charge in [0.15, 0.2) is 0 Å². The van der Waals surface area contributed by atoms with E-state index in [-0.39, 0.29) is 5.56 Å². The van der Waals surface area contributed by atoms with E-state index in [4.69, 9.17) is 0 Å². The molecule has 1 nitrogen and oxygen atoms in total. The first kappa shape index (κ1) is 9.19. The molecule has 0 radical (unpaired) electrons. The lowest BCUT2D eigenvalue weighted by Crippen LogP contribution is -2.07. The number of hydrogen-bond donors (Lipinski definition) is 1. The van der Waals surface area contributed by atoms with Crippen LogP contribution in [0.15, 0.2) is 24.3 Å². The molecule has 0 aromatic heterocycles. The summed E-state index contributed by atoms with van der Waals surface area (Å²) in [5, 5.41) is 3.08. The third-order valence-corrected chi connectivity index (χ3v) is 2.42. The zero-order chi connectivity index (χ0) is 10.1. The molecular weight excluding hydrogens is 184 g/mol. The summed E-state index contributed by atoms with van der Waals surface area (Å²) in [6.07, 6.45) is -0.349. The molecule has 74 valence electrons. The van der Waals surface area contributed by atoms with Gasteiger partial charge < -0.3 is 5.32 Å². The van der Waals surface area contributed by atoms with Crippen LogP contribution in [-0.4, -0.2) is 6.54 Å². The average Bonchev–Trinajstić information content (AvgIpc) is 2.17. The van der Waals surface area contributed by atoms with E-state index < -0.39 is 6.43 Å². The van der Waals surface area contributed by atoms with Crippen LogP contribution in [0.25, 0.3) is 5.57 Å². The van der Waals surface area contributed by atoms with Crippen LogP contribution >= 0.6 is 0 Å². The Morgan fingerprint density at radius 3 is 2.86 bits per heavy atom. The van der Waals surface area contributed by atoms with Gasteiger partial charge in [-0.3, -0.25) is 0 Å². The molecule has 1 heterocycles. The minimum absolute atomic E-state index is 0.0750. The highest BCUT2D eigenvalue weighted by Gasteiger charge is 2.13. The van der Waals surface area contributed by atoms with Gasteiger partial charge in [0.1, 0.15) is 0 Å². The molecule has 1 aromatic carbocycles. The predicted molar refractivity (Wildman–Crippen MR) is 53.5 cm³/mol. The summed E-state index contributed by atoms with van der Waals surface area (Å²) in [7, 11) is 0. The maximum atomic E-state index is 12.4. The molecule has 1 aliphatic rings. The molecule has 2 rings (SSSR count). The maximum Gasteiger partial charge on any atom is 0.263 e. The van der Waals surface area contributed by atoms with Gasteiger partial charge in [-0.2, -0.15) is 0 Å². The van der Waals surface area contributed by atoms with E-state index in [0.717, 1.165) is 16.8 Å². The maximum absolute atomic E-state index is 12.4. The summed E-state index contributed by atoms with van der Waals surface area (Å²) in [4.78, 5) is 0. The first-order valence-corrected chi connectivity index (χ1v) is 4.51. The van der Waals surface area contributed by atoms with Gasteiger partial charge in [-0.25, -0.2) is 8.78 Å². The second-order valence-electron chi connectivity index (χ2n) is 3.37. The fraction of sp³-hybridized carbons (Fsp3) is 0.273. The molecule has 0 unspecified atom stereocenters. The van der Waals surface area contributed by atoms with Crippen molar-refractivity contribution in [1.82, 2.24) is 0 Å². The third-order valence-electron chi connectivity index (χ3n) is 2.42. The number of nitrogens with one attached hydrogen (secondary N) is 1. The van der Waals surface area contributed by atoms with E-state index in [2.05, 4.69) is 5.32 Å². The lowest BCUT2D eigenvalue weighted by molar-refractivity contribution is 0.151. The predicted octanol–water partition coefficient (Wildman–Crippen LogP) is 3.45. The van der Waals surface area contributed by atoms with E-state index in [1.165, 1.54) is 12.1 Å². The zero-order valence-corrected chi connectivity index (χ0v) is 7.85. The molecule has 1 aromatic rings. The molecule has 0 saturated heterocycles. The Morgan fingerprint density at radius 1 is 1.36 bits per heavy atom. The summed E-state index contributed by atoms with van der Waals surface area (Å²) >= 11 is 0. The second-order valence-corrected chi connectivity index (χ2v) is 3.37. The van der Waals surface area contributed by atoms with Crippen LogP contribution in [0, 0.1) is 0 Å². The monoisotopic (exact) mass is 195 g/mol. The van der Waals surface area contributed by atoms with Gasteiger partial charge in [-0.1, -0.05) is 18.2 Å². The highest BCUT2D eigenvalue weighted by molar-refractivity contribution is 5.78. The van der Waals surface area contributed by atoms with Gasteiger partial charge in [-0.05, 0) is 18.6 Å². The van der Waals surface area contributed by atoms with Crippen LogP contribution in [0.4, 0.5) is 14.5 Å². The first-order valence-electron chi connectivity index (χ1n) is 4.51. The number of allylic oxidation sites excluding steroid dienone is 1. The van der Waals surface area contributed by atoms with E-state index in [9.17, 15) is 8.78 Å². The largest absolute Gasteiger partial charge is 0.381 e. The highest BCUT2D eigenvalue weighted by atomic mass is 19.3. The van der Waals surface area contributed by atoms with Crippen LogP contribution in [0.2, 0.25) is 0 Å². The Hall–Kier alpha value is -1.38. The van der Waals surface area contributed by atoms with Crippen LogP contribution < -0.4 is 5.32 Å². The van der Waals surface area contributed by atoms with Crippen LogP contribution in [0.3, 0.4) is 0 Å². The average molecular weight is 195 g/mol. The number of hydrogen-bond acceptors (Lipinski definition) is 1. The summed E-state index contributed by atoms with van der Waals surface area (Å²) in [5.41, 5.74) is 3.04. The summed E-state index contributed by atoms with van der Waals surface area (Å²) in [6, 6.07) is 4.75. The number of anilines is 1. The normalized spacial score (nSPS) is 14.7. The van der Waals surface area contributed by atoms with Crippen LogP contribution in [0.1, 0.15) is 24.5 Å². The molecule has 1 aliphatic heterocycles. The molecule has 0 saturated carbocycles. The highest BCUT2D eigenvalue weighted by Crippen LogP contribution is 2.30. The lowest BCUT2D eigenvalue weighted by atomic mass is 10.00. The molecule has 0 spiro atoms. The van der Waals surface area contributed by atoms with Crippen molar-refractivity contribution >= 4 is 11.3 Å². The molecule has 14 heavy (non-hydrogen) atoms. The quantitative estimate of drug-likeness (QED) is 0.723. The Balaban J connectivity index is 2.46. The lowest BCUT2D eigenvalue weighted by Gasteiger charge is -2.17. The van der Waals surface area contributed by atoms with Crippen LogP contribution in [-0.2, 0) is 0 Å². The van der Waals surface area contributed by atoms with Crippen molar-refractivity contribution in [2.45, 2.75) is 13.3 Å². The van der Waals surface area contributed by atoms with Gasteiger partial charge in [-0.15, -0.1) is 0 Å². The fourth-order valence-electron chi connectivity index (χ4n) is 1.61. The summed E-state index contributed by atoms with van der Waals surface area (Å²) in [6.45, 7) is 2.70. The van der Waals surface area contributed by atoms with Crippen molar-refractivity contribution < 1.29 is 8.78 Å². The summed E-state index contributed by atoms with van der Waals surface area (Å²) < 4.78 is 24.8. The van der Waals surface area contributed by atoms with Crippen molar-refractivity contribution in [3.05, 3.63) is 35.4 Å². The number of alkyl halides is 2. The first-order chi connectivity index (χ1) is 6.68. The van der Waals surface area contributed by atoms with E-state index in [1.807, 2.05) is 13.0 Å². The van der Waals surface area contributed by atoms with Gasteiger partial charge in [0.05, 0.1) is 0 Å². The van der Waals surface area contributed by atoms with Crippen molar-refractivity contribution in [3.8, 4) is 0 Å². The molecule has 1 N–H and O–H groups in total. The molecule has 0 bridgehead atoms. The topological polar surface area (TPSA) is 12.0 Å². The zero-order valence-electron chi connectivity index (χ0n) is 7.85. The number of halogens is 2. The molecule has 0 atom stereocenters. The Morgan fingerprint density at radius 2 is 2.14 bits per heavy atom. The minimum atomic E-state index is -2.40. The van der Waals surface area contributed by atoms with E-state index >= 15 is 0 Å². The van der Waals surface area contributed by atoms with Gasteiger partial charge in [0.2, 0.25) is 0 Å². The fourth-order valence-corrected chi connectivity index (χ4v) is 1.61. The van der Waals surface area contributed by atoms with Gasteiger partial charge >= 0.3 is 0 Å². The molecule has 3 heteroatoms. The van der Waals surface area contributed by atoms with Crippen LogP contribution in [0.5, 0.6) is 0 Å². The van der Waals surface area contributed by atoms with Crippen molar-refractivity contribution in [2.75, 3.05) is 11.9 Å². The second kappa shape index (κ2) is 3.40. The number of benzene rings is 1. The molecular formula is C11H11F2N. The Kier molecular flexibility index (Phi) is 2.23. The minimum Gasteiger partial charge on any atom is -0.381 e. The van der Waals surface area contributed by atoms with Crippen molar-refractivity contribution in [1.29, 1.82) is 0 Å². The van der Waals surface area contributed by atoms with Gasteiger partial charge in [0, 0.05) is 23.4 Å². The Labute approximate surface area is 81.4 Å². The molecule has 0 aliphatic carbocycles. The number of rotatable bonds is 1. The van der Waals surface area contributed by atoms with E-state index in [1.54, 1.807) is 6.07 Å². The third kappa shape index (κ3) is 1.50. The van der Waals surface area contributed by atoms with Crippen molar-refractivity contribution in [2.24, 2.45) is 0 Å². The smallest absolute Gasteiger partial charge is 0.263 e. The SMILES string of the molecule is CC1=CCNc2cc(C(F)F)ccc21. The number of fused-ring (bicyclic) bond motifs is 1. The molecule has 0 fully saturated rings. The van der Waals surface area contributed by atoms with Crippen molar-refractivity contribution in [3.63, 3.8) is 0 Å². The van der Waals surface area contributed by atoms with E-state index in [0.29, 0.717) is 6.54 Å². The molecule has 0 amide bonds.